The average Bonchev–Trinajstić information content (AvgIpc) is 2.93. The number of imide groups is 1. The van der Waals surface area contributed by atoms with Gasteiger partial charge < -0.3 is 14.8 Å². The fourth-order valence-corrected chi connectivity index (χ4v) is 3.90. The molecule has 1 aromatic rings. The van der Waals surface area contributed by atoms with E-state index < -0.39 is 0 Å². The molecule has 3 amide bonds. The van der Waals surface area contributed by atoms with Crippen LogP contribution in [0.4, 0.5) is 5.69 Å². The van der Waals surface area contributed by atoms with Gasteiger partial charge in [0.1, 0.15) is 11.5 Å². The second-order valence-corrected chi connectivity index (χ2v) is 7.23. The van der Waals surface area contributed by atoms with Gasteiger partial charge in [0, 0.05) is 19.0 Å². The Morgan fingerprint density at radius 1 is 1.11 bits per heavy atom. The molecule has 1 N–H and O–H groups in total. The zero-order valence-electron chi connectivity index (χ0n) is 15.9. The first-order valence-electron chi connectivity index (χ1n) is 9.17. The fourth-order valence-electron chi connectivity index (χ4n) is 3.66. The van der Waals surface area contributed by atoms with Crippen molar-refractivity contribution in [2.75, 3.05) is 26.1 Å². The number of methoxy groups -OCH3 is 2. The number of carbonyl (C=O) groups excluding carboxylic acids is 3. The third-order valence-corrected chi connectivity index (χ3v) is 5.43. The zero-order chi connectivity index (χ0) is 20.3. The average molecular weight is 407 g/mol. The maximum atomic E-state index is 12.4. The van der Waals surface area contributed by atoms with Crippen LogP contribution in [0.2, 0.25) is 5.02 Å². The number of fused-ring (bicyclic) bond motifs is 1. The van der Waals surface area contributed by atoms with Crippen LogP contribution in [0.5, 0.6) is 11.5 Å². The van der Waals surface area contributed by atoms with Crippen LogP contribution in [-0.2, 0) is 14.4 Å². The van der Waals surface area contributed by atoms with Crippen LogP contribution in [0.15, 0.2) is 24.3 Å². The van der Waals surface area contributed by atoms with E-state index in [1.165, 1.54) is 19.1 Å². The van der Waals surface area contributed by atoms with E-state index in [1.54, 1.807) is 12.1 Å². The standard InChI is InChI=1S/C20H23ClN2O5/c1-27-16-11-17(28-2)15(10-14(16)21)22-18(24)8-5-9-23-19(25)12-6-3-4-7-13(12)20(23)26/h3-4,10-13H,5-9H2,1-2H3,(H,22,24)/t12-,13+. The third-order valence-electron chi connectivity index (χ3n) is 5.13. The summed E-state index contributed by atoms with van der Waals surface area (Å²) < 4.78 is 10.4. The lowest BCUT2D eigenvalue weighted by Gasteiger charge is -2.15. The van der Waals surface area contributed by atoms with E-state index in [9.17, 15) is 14.4 Å². The number of carbonyl (C=O) groups is 3. The maximum absolute atomic E-state index is 12.4. The maximum Gasteiger partial charge on any atom is 0.233 e. The van der Waals surface area contributed by atoms with Gasteiger partial charge in [-0.15, -0.1) is 0 Å². The molecule has 28 heavy (non-hydrogen) atoms. The van der Waals surface area contributed by atoms with Crippen LogP contribution in [0.25, 0.3) is 0 Å². The molecule has 0 spiro atoms. The number of nitrogens with one attached hydrogen (secondary N) is 1. The first-order valence-corrected chi connectivity index (χ1v) is 9.55. The number of ether oxygens (including phenoxy) is 2. The number of benzene rings is 1. The molecule has 1 aliphatic heterocycles. The molecule has 0 unspecified atom stereocenters. The second kappa shape index (κ2) is 8.65. The highest BCUT2D eigenvalue weighted by Gasteiger charge is 2.46. The Morgan fingerprint density at radius 3 is 2.29 bits per heavy atom. The lowest BCUT2D eigenvalue weighted by molar-refractivity contribution is -0.140. The second-order valence-electron chi connectivity index (χ2n) is 6.82. The van der Waals surface area contributed by atoms with Gasteiger partial charge in [-0.25, -0.2) is 0 Å². The molecule has 0 aromatic heterocycles. The molecule has 1 heterocycles. The van der Waals surface area contributed by atoms with Gasteiger partial charge in [0.15, 0.2) is 0 Å². The first kappa shape index (κ1) is 20.2. The molecule has 2 atom stereocenters. The minimum Gasteiger partial charge on any atom is -0.495 e. The molecule has 150 valence electrons. The monoisotopic (exact) mass is 406 g/mol. The predicted molar refractivity (Wildman–Crippen MR) is 104 cm³/mol. The molecular formula is C20H23ClN2O5. The van der Waals surface area contributed by atoms with Crippen molar-refractivity contribution >= 4 is 35.0 Å². The van der Waals surface area contributed by atoms with E-state index in [-0.39, 0.29) is 42.5 Å². The largest absolute Gasteiger partial charge is 0.495 e. The lowest BCUT2D eigenvalue weighted by Crippen LogP contribution is -2.32. The molecule has 7 nitrogen and oxygen atoms in total. The van der Waals surface area contributed by atoms with Gasteiger partial charge >= 0.3 is 0 Å². The number of likely N-dealkylation sites (tertiary alicyclic amines) is 1. The molecule has 0 saturated carbocycles. The summed E-state index contributed by atoms with van der Waals surface area (Å²) in [6, 6.07) is 3.15. The Balaban J connectivity index is 1.55. The van der Waals surface area contributed by atoms with Crippen molar-refractivity contribution in [2.45, 2.75) is 25.7 Å². The fraction of sp³-hybridized carbons (Fsp3) is 0.450. The van der Waals surface area contributed by atoms with Crippen LogP contribution in [-0.4, -0.2) is 43.4 Å². The summed E-state index contributed by atoms with van der Waals surface area (Å²) in [7, 11) is 2.98. The van der Waals surface area contributed by atoms with Gasteiger partial charge in [0.2, 0.25) is 17.7 Å². The molecular weight excluding hydrogens is 384 g/mol. The van der Waals surface area contributed by atoms with E-state index in [2.05, 4.69) is 5.32 Å². The van der Waals surface area contributed by atoms with E-state index in [0.717, 1.165) is 0 Å². The lowest BCUT2D eigenvalue weighted by atomic mass is 9.85. The summed E-state index contributed by atoms with van der Waals surface area (Å²) in [4.78, 5) is 38.5. The number of hydrogen-bond donors (Lipinski definition) is 1. The summed E-state index contributed by atoms with van der Waals surface area (Å²) in [6.45, 7) is 0.249. The molecule has 2 aliphatic rings. The molecule has 0 bridgehead atoms. The first-order chi connectivity index (χ1) is 13.5. The summed E-state index contributed by atoms with van der Waals surface area (Å²) in [5, 5.41) is 3.10. The Morgan fingerprint density at radius 2 is 1.71 bits per heavy atom. The minimum atomic E-state index is -0.252. The predicted octanol–water partition coefficient (Wildman–Crippen LogP) is 3.03. The van der Waals surface area contributed by atoms with Crippen molar-refractivity contribution < 1.29 is 23.9 Å². The van der Waals surface area contributed by atoms with E-state index in [0.29, 0.717) is 41.5 Å². The highest BCUT2D eigenvalue weighted by molar-refractivity contribution is 6.32. The number of amides is 3. The quantitative estimate of drug-likeness (QED) is 0.555. The minimum absolute atomic E-state index is 0.122. The number of halogens is 1. The van der Waals surface area contributed by atoms with Crippen molar-refractivity contribution in [2.24, 2.45) is 11.8 Å². The molecule has 1 saturated heterocycles. The van der Waals surface area contributed by atoms with Gasteiger partial charge in [-0.05, 0) is 25.3 Å². The van der Waals surface area contributed by atoms with Crippen molar-refractivity contribution in [3.05, 3.63) is 29.3 Å². The number of rotatable bonds is 7. The van der Waals surface area contributed by atoms with E-state index in [1.807, 2.05) is 12.2 Å². The van der Waals surface area contributed by atoms with Gasteiger partial charge in [-0.2, -0.15) is 0 Å². The van der Waals surface area contributed by atoms with Crippen LogP contribution in [0.1, 0.15) is 25.7 Å². The van der Waals surface area contributed by atoms with E-state index >= 15 is 0 Å². The van der Waals surface area contributed by atoms with Gasteiger partial charge in [0.05, 0.1) is 36.8 Å². The van der Waals surface area contributed by atoms with Crippen LogP contribution < -0.4 is 14.8 Å². The van der Waals surface area contributed by atoms with Crippen molar-refractivity contribution in [1.82, 2.24) is 4.90 Å². The number of hydrogen-bond acceptors (Lipinski definition) is 5. The summed E-state index contributed by atoms with van der Waals surface area (Å²) in [6.07, 6.45) is 5.70. The van der Waals surface area contributed by atoms with Gasteiger partial charge in [-0.3, -0.25) is 19.3 Å². The highest BCUT2D eigenvalue weighted by atomic mass is 35.5. The van der Waals surface area contributed by atoms with Crippen molar-refractivity contribution in [1.29, 1.82) is 0 Å². The Labute approximate surface area is 168 Å². The van der Waals surface area contributed by atoms with E-state index in [4.69, 9.17) is 21.1 Å². The number of anilines is 1. The van der Waals surface area contributed by atoms with Gasteiger partial charge in [0.25, 0.3) is 0 Å². The van der Waals surface area contributed by atoms with Crippen molar-refractivity contribution in [3.63, 3.8) is 0 Å². The van der Waals surface area contributed by atoms with Gasteiger partial charge in [-0.1, -0.05) is 23.8 Å². The zero-order valence-corrected chi connectivity index (χ0v) is 16.6. The summed E-state index contributed by atoms with van der Waals surface area (Å²) >= 11 is 6.11. The Kier molecular flexibility index (Phi) is 6.24. The SMILES string of the molecule is COc1cc(OC)c(NC(=O)CCCN2C(=O)[C@H]3CC=CC[C@H]3C2=O)cc1Cl. The van der Waals surface area contributed by atoms with Crippen LogP contribution in [0.3, 0.4) is 0 Å². The van der Waals surface area contributed by atoms with Crippen LogP contribution in [0, 0.1) is 11.8 Å². The van der Waals surface area contributed by atoms with Crippen molar-refractivity contribution in [3.8, 4) is 11.5 Å². The summed E-state index contributed by atoms with van der Waals surface area (Å²) in [5.74, 6) is -0.104. The molecule has 1 aromatic carbocycles. The molecule has 1 aliphatic carbocycles. The number of nitrogens with zero attached hydrogens (tertiary/aromatic N) is 1. The topological polar surface area (TPSA) is 84.9 Å². The summed E-state index contributed by atoms with van der Waals surface area (Å²) in [5.41, 5.74) is 0.434. The highest BCUT2D eigenvalue weighted by Crippen LogP contribution is 2.36. The normalized spacial score (nSPS) is 20.9. The molecule has 0 radical (unpaired) electrons. The smallest absolute Gasteiger partial charge is 0.233 e. The Hall–Kier alpha value is -2.54. The molecule has 8 heteroatoms. The third kappa shape index (κ3) is 3.99. The number of allylic oxidation sites excluding steroid dienone is 2. The van der Waals surface area contributed by atoms with Crippen LogP contribution >= 0.6 is 11.6 Å². The molecule has 1 fully saturated rings. The molecule has 3 rings (SSSR count). The Bertz CT molecular complexity index is 797.